The van der Waals surface area contributed by atoms with Gasteiger partial charge < -0.3 is 34.9 Å². The molecule has 0 saturated carbocycles. The van der Waals surface area contributed by atoms with Crippen LogP contribution in [0.5, 0.6) is 11.5 Å². The van der Waals surface area contributed by atoms with Gasteiger partial charge in [-0.25, -0.2) is 4.79 Å². The molecule has 0 spiro atoms. The van der Waals surface area contributed by atoms with E-state index in [1.54, 1.807) is 26.0 Å². The van der Waals surface area contributed by atoms with Gasteiger partial charge in [0.2, 0.25) is 0 Å². The normalized spacial score (nSPS) is 11.4. The SMILES string of the molecule is Cc1ccc([C@H](CC(=O)[O-])NC(=O)Nc2c([O-])cc(C)n(C)c2=O)cc1-c1cccc(OC(F)(F)F)c1.[Na+].[Na+]. The smallest absolute Gasteiger partial charge is 0.871 e. The maximum absolute atomic E-state index is 12.6. The van der Waals surface area contributed by atoms with Gasteiger partial charge in [-0.1, -0.05) is 30.0 Å². The molecule has 0 saturated heterocycles. The van der Waals surface area contributed by atoms with Gasteiger partial charge in [0.05, 0.1) is 6.04 Å². The number of halogens is 3. The van der Waals surface area contributed by atoms with Gasteiger partial charge in [0.25, 0.3) is 5.56 Å². The van der Waals surface area contributed by atoms with Crippen LogP contribution in [0.1, 0.15) is 29.3 Å². The average Bonchev–Trinajstić information content (AvgIpc) is 2.79. The van der Waals surface area contributed by atoms with E-state index in [9.17, 15) is 37.8 Å². The molecule has 0 bridgehead atoms. The molecule has 0 aliphatic carbocycles. The topological polar surface area (TPSA) is 136 Å². The molecular weight excluding hydrogens is 541 g/mol. The number of carboxylic acids is 1. The first kappa shape index (κ1) is 34.5. The Morgan fingerprint density at radius 1 is 1.08 bits per heavy atom. The third kappa shape index (κ3) is 9.30. The molecule has 2 aromatic carbocycles. The summed E-state index contributed by atoms with van der Waals surface area (Å²) >= 11 is 0. The molecule has 9 nitrogen and oxygen atoms in total. The molecule has 0 radical (unpaired) electrons. The zero-order chi connectivity index (χ0) is 27.5. The fraction of sp³-hybridized carbons (Fsp3) is 0.240. The molecule has 2 amide bonds. The van der Waals surface area contributed by atoms with Crippen LogP contribution in [0, 0.1) is 13.8 Å². The number of carbonyl (C=O) groups is 2. The van der Waals surface area contributed by atoms with Crippen molar-refractivity contribution in [1.82, 2.24) is 9.88 Å². The number of aliphatic carboxylic acids is 1. The van der Waals surface area contributed by atoms with Gasteiger partial charge in [-0.05, 0) is 60.4 Å². The Hall–Kier alpha value is -2.48. The Kier molecular flexibility index (Phi) is 12.6. The molecule has 3 aromatic rings. The predicted molar refractivity (Wildman–Crippen MR) is 124 cm³/mol. The van der Waals surface area contributed by atoms with Crippen molar-refractivity contribution in [3.8, 4) is 22.6 Å². The van der Waals surface area contributed by atoms with E-state index in [0.717, 1.165) is 6.07 Å². The van der Waals surface area contributed by atoms with E-state index in [4.69, 9.17) is 0 Å². The quantitative estimate of drug-likeness (QED) is 0.289. The van der Waals surface area contributed by atoms with E-state index < -0.39 is 53.6 Å². The Labute approximate surface area is 266 Å². The van der Waals surface area contributed by atoms with Gasteiger partial charge in [-0.2, -0.15) is 0 Å². The van der Waals surface area contributed by atoms with Crippen LogP contribution >= 0.6 is 0 Å². The monoisotopic (exact) mass is 563 g/mol. The molecule has 1 heterocycles. The Morgan fingerprint density at radius 2 is 1.74 bits per heavy atom. The van der Waals surface area contributed by atoms with Crippen LogP contribution in [0.3, 0.4) is 0 Å². The molecule has 14 heteroatoms. The Balaban J connectivity index is 0.00000380. The number of benzene rings is 2. The van der Waals surface area contributed by atoms with Gasteiger partial charge in [-0.3, -0.25) is 4.79 Å². The molecule has 0 unspecified atom stereocenters. The molecule has 0 aliphatic heterocycles. The van der Waals surface area contributed by atoms with Gasteiger partial charge in [0, 0.05) is 25.1 Å². The minimum absolute atomic E-state index is 0. The van der Waals surface area contributed by atoms with Crippen molar-refractivity contribution in [3.63, 3.8) is 0 Å². The molecule has 3 rings (SSSR count). The van der Waals surface area contributed by atoms with E-state index in [1.807, 2.05) is 0 Å². The first-order valence-electron chi connectivity index (χ1n) is 10.9. The maximum Gasteiger partial charge on any atom is 1.00 e. The number of alkyl halides is 3. The van der Waals surface area contributed by atoms with Crippen LogP contribution in [-0.2, 0) is 11.8 Å². The summed E-state index contributed by atoms with van der Waals surface area (Å²) in [7, 11) is 1.42. The number of anilines is 1. The number of urea groups is 1. The summed E-state index contributed by atoms with van der Waals surface area (Å²) in [4.78, 5) is 36.4. The van der Waals surface area contributed by atoms with Gasteiger partial charge in [0.1, 0.15) is 11.4 Å². The van der Waals surface area contributed by atoms with Crippen molar-refractivity contribution in [1.29, 1.82) is 0 Å². The van der Waals surface area contributed by atoms with Crippen molar-refractivity contribution in [2.24, 2.45) is 7.05 Å². The second-order valence-corrected chi connectivity index (χ2v) is 8.27. The number of nitrogens with one attached hydrogen (secondary N) is 2. The molecular formula is C25H22F3N3Na2O6. The molecule has 39 heavy (non-hydrogen) atoms. The summed E-state index contributed by atoms with van der Waals surface area (Å²) in [5.74, 6) is -2.65. The van der Waals surface area contributed by atoms with E-state index in [-0.39, 0.29) is 59.1 Å². The van der Waals surface area contributed by atoms with Crippen LogP contribution in [0.15, 0.2) is 53.3 Å². The number of carboxylic acid groups (broad SMARTS) is 1. The number of aryl methyl sites for hydroxylation is 2. The second kappa shape index (κ2) is 14.2. The number of pyridine rings is 1. The zero-order valence-corrected chi connectivity index (χ0v) is 25.9. The minimum atomic E-state index is -4.88. The van der Waals surface area contributed by atoms with Crippen LogP contribution in [0.2, 0.25) is 0 Å². The van der Waals surface area contributed by atoms with Crippen LogP contribution in [0.4, 0.5) is 23.7 Å². The molecule has 196 valence electrons. The molecule has 0 fully saturated rings. The zero-order valence-electron chi connectivity index (χ0n) is 21.9. The third-order valence-electron chi connectivity index (χ3n) is 5.59. The second-order valence-electron chi connectivity index (χ2n) is 8.27. The van der Waals surface area contributed by atoms with Crippen LogP contribution < -0.4 is 90.3 Å². The Morgan fingerprint density at radius 3 is 2.36 bits per heavy atom. The van der Waals surface area contributed by atoms with E-state index >= 15 is 0 Å². The fourth-order valence-corrected chi connectivity index (χ4v) is 3.66. The summed E-state index contributed by atoms with van der Waals surface area (Å²) < 4.78 is 43.1. The van der Waals surface area contributed by atoms with Crippen molar-refractivity contribution in [2.75, 3.05) is 5.32 Å². The summed E-state index contributed by atoms with van der Waals surface area (Å²) in [6.07, 6.45) is -5.54. The predicted octanol–water partition coefficient (Wildman–Crippen LogP) is -3.35. The maximum atomic E-state index is 12.6. The molecule has 1 aromatic heterocycles. The first-order chi connectivity index (χ1) is 17.2. The summed E-state index contributed by atoms with van der Waals surface area (Å²) in [5, 5.41) is 28.2. The molecule has 2 N–H and O–H groups in total. The summed E-state index contributed by atoms with van der Waals surface area (Å²) in [5.41, 5.74) is 0.901. The Bertz CT molecular complexity index is 1410. The first-order valence-corrected chi connectivity index (χ1v) is 10.9. The molecule has 1 atom stereocenters. The van der Waals surface area contributed by atoms with Crippen molar-refractivity contribution < 1.29 is 96.8 Å². The van der Waals surface area contributed by atoms with Crippen molar-refractivity contribution >= 4 is 17.7 Å². The fourth-order valence-electron chi connectivity index (χ4n) is 3.66. The van der Waals surface area contributed by atoms with Gasteiger partial charge >= 0.3 is 71.5 Å². The number of ether oxygens (including phenoxy) is 1. The largest absolute Gasteiger partial charge is 1.00 e. The number of hydrogen-bond acceptors (Lipinski definition) is 6. The van der Waals surface area contributed by atoms with Gasteiger partial charge in [0.15, 0.2) is 0 Å². The summed E-state index contributed by atoms with van der Waals surface area (Å²) in [6, 6.07) is 8.88. The number of hydrogen-bond donors (Lipinski definition) is 2. The minimum Gasteiger partial charge on any atom is -0.871 e. The van der Waals surface area contributed by atoms with Crippen molar-refractivity contribution in [3.05, 3.63) is 75.7 Å². The number of aromatic nitrogens is 1. The van der Waals surface area contributed by atoms with E-state index in [1.165, 1.54) is 41.9 Å². The number of rotatable bonds is 7. The number of carbonyl (C=O) groups excluding carboxylic acids is 2. The average molecular weight is 563 g/mol. The third-order valence-corrected chi connectivity index (χ3v) is 5.59. The van der Waals surface area contributed by atoms with Crippen molar-refractivity contribution in [2.45, 2.75) is 32.7 Å². The molecule has 0 aliphatic rings. The van der Waals surface area contributed by atoms with E-state index in [0.29, 0.717) is 27.9 Å². The number of nitrogens with zero attached hydrogens (tertiary/aromatic N) is 1. The summed E-state index contributed by atoms with van der Waals surface area (Å²) in [6.45, 7) is 3.25. The van der Waals surface area contributed by atoms with Crippen LogP contribution in [0.25, 0.3) is 11.1 Å². The van der Waals surface area contributed by atoms with Crippen LogP contribution in [-0.4, -0.2) is 22.9 Å². The van der Waals surface area contributed by atoms with E-state index in [2.05, 4.69) is 15.4 Å². The van der Waals surface area contributed by atoms with Gasteiger partial charge in [-0.15, -0.1) is 13.2 Å². The number of amides is 2. The standard InChI is InChI=1S/C25H24F3N3O6.2Na/c1-13-7-8-16(11-18(13)15-5-4-6-17(10-15)37-25(26,27)28)19(12-21(33)34)29-24(36)30-22-20(32)9-14(2)31(3)23(22)35;;/h4-11,19,32H,12H2,1-3H3,(H,33,34)(H2,29,30,36);;/q;2*+1/p-2/t19-;;/m0../s1.